The second-order valence-electron chi connectivity index (χ2n) is 3.51. The van der Waals surface area contributed by atoms with Crippen LogP contribution >= 0.6 is 0 Å². The Kier molecular flexibility index (Phi) is 3.12. The number of hydrogen-bond acceptors (Lipinski definition) is 2. The zero-order valence-corrected chi connectivity index (χ0v) is 8.27. The molecule has 0 bridgehead atoms. The van der Waals surface area contributed by atoms with Crippen molar-refractivity contribution < 1.29 is 15.0 Å². The number of carboxylic acid groups (broad SMARTS) is 1. The molecule has 0 aliphatic carbocycles. The van der Waals surface area contributed by atoms with Crippen LogP contribution in [0.25, 0.3) is 0 Å². The number of hydrogen-bond donors (Lipinski definition) is 2. The van der Waals surface area contributed by atoms with Gasteiger partial charge in [0, 0.05) is 0 Å². The van der Waals surface area contributed by atoms with Crippen molar-refractivity contribution in [3.05, 3.63) is 29.8 Å². The van der Waals surface area contributed by atoms with E-state index in [2.05, 4.69) is 0 Å². The lowest BCUT2D eigenvalue weighted by molar-refractivity contribution is -0.141. The first-order chi connectivity index (χ1) is 6.52. The number of phenolic OH excluding ortho intramolecular Hbond substituents is 1. The number of phenols is 1. The van der Waals surface area contributed by atoms with Gasteiger partial charge in [0.25, 0.3) is 0 Å². The molecule has 2 N–H and O–H groups in total. The van der Waals surface area contributed by atoms with Crippen LogP contribution in [0.2, 0.25) is 0 Å². The first kappa shape index (κ1) is 10.6. The summed E-state index contributed by atoms with van der Waals surface area (Å²) in [5.74, 6) is -1.19. The van der Waals surface area contributed by atoms with Crippen LogP contribution in [0.4, 0.5) is 0 Å². The Hall–Kier alpha value is -1.51. The van der Waals surface area contributed by atoms with Gasteiger partial charge in [0.1, 0.15) is 5.75 Å². The smallest absolute Gasteiger partial charge is 0.306 e. The topological polar surface area (TPSA) is 57.5 Å². The lowest BCUT2D eigenvalue weighted by atomic mass is 9.89. The second kappa shape index (κ2) is 4.13. The maximum atomic E-state index is 10.7. The van der Waals surface area contributed by atoms with Gasteiger partial charge in [-0.05, 0) is 23.6 Å². The first-order valence-corrected chi connectivity index (χ1v) is 4.54. The van der Waals surface area contributed by atoms with Gasteiger partial charge in [-0.2, -0.15) is 0 Å². The fourth-order valence-electron chi connectivity index (χ4n) is 1.31. The van der Waals surface area contributed by atoms with Crippen molar-refractivity contribution in [2.75, 3.05) is 0 Å². The van der Waals surface area contributed by atoms with Crippen LogP contribution in [0, 0.1) is 5.92 Å². The van der Waals surface area contributed by atoms with Crippen LogP contribution in [0.3, 0.4) is 0 Å². The lowest BCUT2D eigenvalue weighted by Gasteiger charge is -2.16. The zero-order chi connectivity index (χ0) is 10.7. The van der Waals surface area contributed by atoms with Crippen molar-refractivity contribution in [2.24, 2.45) is 5.92 Å². The Morgan fingerprint density at radius 3 is 2.50 bits per heavy atom. The highest BCUT2D eigenvalue weighted by molar-refractivity contribution is 5.70. The van der Waals surface area contributed by atoms with E-state index in [1.165, 1.54) is 0 Å². The average molecular weight is 194 g/mol. The average Bonchev–Trinajstić information content (AvgIpc) is 2.15. The van der Waals surface area contributed by atoms with Gasteiger partial charge in [-0.3, -0.25) is 4.79 Å². The van der Waals surface area contributed by atoms with Crippen LogP contribution in [0.5, 0.6) is 5.75 Å². The predicted octanol–water partition coefficient (Wildman–Crippen LogP) is 2.22. The van der Waals surface area contributed by atoms with Crippen molar-refractivity contribution >= 4 is 5.97 Å². The molecule has 0 aliphatic heterocycles. The van der Waals surface area contributed by atoms with Crippen molar-refractivity contribution in [1.29, 1.82) is 0 Å². The van der Waals surface area contributed by atoms with Crippen LogP contribution in [-0.4, -0.2) is 16.2 Å². The third kappa shape index (κ3) is 2.25. The molecule has 0 fully saturated rings. The molecule has 3 nitrogen and oxygen atoms in total. The van der Waals surface area contributed by atoms with E-state index < -0.39 is 11.9 Å². The molecule has 1 unspecified atom stereocenters. The summed E-state index contributed by atoms with van der Waals surface area (Å²) in [6.45, 7) is 3.50. The van der Waals surface area contributed by atoms with Crippen molar-refractivity contribution in [1.82, 2.24) is 0 Å². The molecule has 0 heterocycles. The second-order valence-corrected chi connectivity index (χ2v) is 3.51. The van der Waals surface area contributed by atoms with Gasteiger partial charge in [0.05, 0.1) is 5.92 Å². The highest BCUT2D eigenvalue weighted by Crippen LogP contribution is 2.26. The predicted molar refractivity (Wildman–Crippen MR) is 53.3 cm³/mol. The molecule has 0 spiro atoms. The minimum absolute atomic E-state index is 0.0976. The highest BCUT2D eigenvalue weighted by Gasteiger charge is 2.20. The van der Waals surface area contributed by atoms with Gasteiger partial charge >= 0.3 is 5.97 Å². The van der Waals surface area contributed by atoms with Crippen molar-refractivity contribution in [3.8, 4) is 5.75 Å². The summed E-state index contributed by atoms with van der Waals surface area (Å²) in [5.41, 5.74) is 0.847. The van der Waals surface area contributed by atoms with E-state index in [1.807, 2.05) is 13.0 Å². The van der Waals surface area contributed by atoms with E-state index in [0.717, 1.165) is 5.56 Å². The summed E-state index contributed by atoms with van der Waals surface area (Å²) in [7, 11) is 0. The largest absolute Gasteiger partial charge is 0.508 e. The van der Waals surface area contributed by atoms with Gasteiger partial charge in [-0.25, -0.2) is 0 Å². The lowest BCUT2D eigenvalue weighted by Crippen LogP contribution is -2.16. The molecule has 0 amide bonds. The quantitative estimate of drug-likeness (QED) is 0.775. The number of rotatable bonds is 3. The van der Waals surface area contributed by atoms with Crippen molar-refractivity contribution in [2.45, 2.75) is 19.8 Å². The fraction of sp³-hybridized carbons (Fsp3) is 0.364. The molecule has 0 aliphatic rings. The summed E-state index contributed by atoms with van der Waals surface area (Å²) in [6, 6.07) is 6.71. The minimum atomic E-state index is -0.819. The Morgan fingerprint density at radius 2 is 2.00 bits per heavy atom. The standard InChI is InChI=1S/C11H14O3/c1-7(8(2)11(13)14)9-4-3-5-10(12)6-9/h3-8,12H,1-2H3,(H,13,14)/t7?,8-/m1/s1. The molecule has 1 rings (SSSR count). The zero-order valence-electron chi connectivity index (χ0n) is 8.27. The monoisotopic (exact) mass is 194 g/mol. The van der Waals surface area contributed by atoms with E-state index >= 15 is 0 Å². The van der Waals surface area contributed by atoms with Gasteiger partial charge in [0.15, 0.2) is 0 Å². The Bertz CT molecular complexity index is 333. The molecular weight excluding hydrogens is 180 g/mol. The van der Waals surface area contributed by atoms with Crippen LogP contribution < -0.4 is 0 Å². The molecule has 3 heteroatoms. The molecular formula is C11H14O3. The van der Waals surface area contributed by atoms with E-state index in [0.29, 0.717) is 0 Å². The number of aliphatic carboxylic acids is 1. The summed E-state index contributed by atoms with van der Waals surface area (Å²) >= 11 is 0. The van der Waals surface area contributed by atoms with E-state index in [9.17, 15) is 9.90 Å². The first-order valence-electron chi connectivity index (χ1n) is 4.54. The fourth-order valence-corrected chi connectivity index (χ4v) is 1.31. The molecule has 0 saturated heterocycles. The van der Waals surface area contributed by atoms with Gasteiger partial charge in [-0.15, -0.1) is 0 Å². The van der Waals surface area contributed by atoms with Crippen LogP contribution in [-0.2, 0) is 4.79 Å². The third-order valence-electron chi connectivity index (χ3n) is 2.54. The molecule has 1 aromatic rings. The number of carbonyl (C=O) groups is 1. The maximum absolute atomic E-state index is 10.7. The van der Waals surface area contributed by atoms with Gasteiger partial charge < -0.3 is 10.2 Å². The molecule has 2 atom stereocenters. The Labute approximate surface area is 83.0 Å². The Morgan fingerprint density at radius 1 is 1.36 bits per heavy atom. The van der Waals surface area contributed by atoms with Crippen molar-refractivity contribution in [3.63, 3.8) is 0 Å². The molecule has 0 saturated carbocycles. The van der Waals surface area contributed by atoms with E-state index in [1.54, 1.807) is 25.1 Å². The number of aromatic hydroxyl groups is 1. The molecule has 76 valence electrons. The van der Waals surface area contributed by atoms with E-state index in [-0.39, 0.29) is 11.7 Å². The summed E-state index contributed by atoms with van der Waals surface area (Å²) in [4.78, 5) is 10.7. The molecule has 14 heavy (non-hydrogen) atoms. The molecule has 0 radical (unpaired) electrons. The van der Waals surface area contributed by atoms with Gasteiger partial charge in [-0.1, -0.05) is 26.0 Å². The summed E-state index contributed by atoms with van der Waals surface area (Å²) in [5, 5.41) is 18.1. The number of carboxylic acids is 1. The van der Waals surface area contributed by atoms with Crippen LogP contribution in [0.15, 0.2) is 24.3 Å². The summed E-state index contributed by atoms with van der Waals surface area (Å²) < 4.78 is 0. The Balaban J connectivity index is 2.89. The normalized spacial score (nSPS) is 14.7. The summed E-state index contributed by atoms with van der Waals surface area (Å²) in [6.07, 6.45) is 0. The number of benzene rings is 1. The van der Waals surface area contributed by atoms with E-state index in [4.69, 9.17) is 5.11 Å². The molecule has 0 aromatic heterocycles. The van der Waals surface area contributed by atoms with Gasteiger partial charge in [0.2, 0.25) is 0 Å². The SMILES string of the molecule is CC(c1cccc(O)c1)[C@@H](C)C(=O)O. The maximum Gasteiger partial charge on any atom is 0.306 e. The molecule has 1 aromatic carbocycles. The minimum Gasteiger partial charge on any atom is -0.508 e. The highest BCUT2D eigenvalue weighted by atomic mass is 16.4. The third-order valence-corrected chi connectivity index (χ3v) is 2.54. The van der Waals surface area contributed by atoms with Crippen LogP contribution in [0.1, 0.15) is 25.3 Å².